The summed E-state index contributed by atoms with van der Waals surface area (Å²) in [7, 11) is 0. The lowest BCUT2D eigenvalue weighted by Crippen LogP contribution is -2.21. The molecule has 0 spiro atoms. The Balaban J connectivity index is 2.26. The Morgan fingerprint density at radius 1 is 1.05 bits per heavy atom. The maximum Gasteiger partial charge on any atom is 0.0869 e. The van der Waals surface area contributed by atoms with E-state index < -0.39 is 5.60 Å². The van der Waals surface area contributed by atoms with Crippen LogP contribution in [0.2, 0.25) is 10.0 Å². The van der Waals surface area contributed by atoms with E-state index in [9.17, 15) is 5.11 Å². The van der Waals surface area contributed by atoms with Crippen LogP contribution in [0.3, 0.4) is 0 Å². The standard InChI is InChI=1S/C17H17Cl3O/c1-17(21,9-2-10-18)13-5-3-12(4-6-13)15-8-7-14(19)11-16(15)20/h3-8,11,21H,2,9-10H2,1H3. The van der Waals surface area contributed by atoms with Crippen molar-refractivity contribution in [2.24, 2.45) is 0 Å². The van der Waals surface area contributed by atoms with Crippen LogP contribution in [-0.4, -0.2) is 11.0 Å². The number of rotatable bonds is 5. The highest BCUT2D eigenvalue weighted by Crippen LogP contribution is 2.32. The molecule has 0 aliphatic carbocycles. The molecule has 0 saturated carbocycles. The van der Waals surface area contributed by atoms with Crippen molar-refractivity contribution in [3.63, 3.8) is 0 Å². The molecule has 1 N–H and O–H groups in total. The van der Waals surface area contributed by atoms with Gasteiger partial charge in [-0.3, -0.25) is 0 Å². The third-order valence-electron chi connectivity index (χ3n) is 3.55. The Bertz CT molecular complexity index is 606. The van der Waals surface area contributed by atoms with Crippen LogP contribution in [0.4, 0.5) is 0 Å². The summed E-state index contributed by atoms with van der Waals surface area (Å²) in [6.07, 6.45) is 1.41. The van der Waals surface area contributed by atoms with Crippen molar-refractivity contribution >= 4 is 34.8 Å². The largest absolute Gasteiger partial charge is 0.385 e. The van der Waals surface area contributed by atoms with Crippen LogP contribution in [0.5, 0.6) is 0 Å². The van der Waals surface area contributed by atoms with E-state index in [2.05, 4.69) is 0 Å². The summed E-state index contributed by atoms with van der Waals surface area (Å²) in [5.41, 5.74) is 1.93. The summed E-state index contributed by atoms with van der Waals surface area (Å²) in [4.78, 5) is 0. The zero-order valence-corrected chi connectivity index (χ0v) is 14.0. The van der Waals surface area contributed by atoms with Crippen molar-refractivity contribution in [1.82, 2.24) is 0 Å². The fourth-order valence-electron chi connectivity index (χ4n) is 2.29. The first-order valence-corrected chi connectivity index (χ1v) is 8.07. The zero-order chi connectivity index (χ0) is 15.5. The van der Waals surface area contributed by atoms with Gasteiger partial charge in [0.1, 0.15) is 0 Å². The summed E-state index contributed by atoms with van der Waals surface area (Å²) in [6, 6.07) is 13.2. The topological polar surface area (TPSA) is 20.2 Å². The van der Waals surface area contributed by atoms with Crippen molar-refractivity contribution in [1.29, 1.82) is 0 Å². The van der Waals surface area contributed by atoms with Crippen molar-refractivity contribution in [3.05, 3.63) is 58.1 Å². The molecule has 0 amide bonds. The van der Waals surface area contributed by atoms with Gasteiger partial charge >= 0.3 is 0 Å². The maximum atomic E-state index is 10.5. The average molecular weight is 344 g/mol. The van der Waals surface area contributed by atoms with Gasteiger partial charge in [-0.1, -0.05) is 53.5 Å². The summed E-state index contributed by atoms with van der Waals surface area (Å²) < 4.78 is 0. The fourth-order valence-corrected chi connectivity index (χ4v) is 2.94. The number of hydrogen-bond acceptors (Lipinski definition) is 1. The average Bonchev–Trinajstić information content (AvgIpc) is 2.45. The van der Waals surface area contributed by atoms with Gasteiger partial charge in [-0.25, -0.2) is 0 Å². The molecule has 2 aromatic carbocycles. The van der Waals surface area contributed by atoms with Crippen molar-refractivity contribution in [2.75, 3.05) is 5.88 Å². The minimum absolute atomic E-state index is 0.550. The lowest BCUT2D eigenvalue weighted by Gasteiger charge is -2.23. The highest BCUT2D eigenvalue weighted by molar-refractivity contribution is 6.36. The number of halogens is 3. The second-order valence-corrected chi connectivity index (χ2v) is 6.49. The van der Waals surface area contributed by atoms with E-state index in [1.807, 2.05) is 43.3 Å². The number of alkyl halides is 1. The van der Waals surface area contributed by atoms with Gasteiger partial charge in [-0.05, 0) is 43.0 Å². The monoisotopic (exact) mass is 342 g/mol. The first-order chi connectivity index (χ1) is 9.94. The first-order valence-electron chi connectivity index (χ1n) is 6.78. The van der Waals surface area contributed by atoms with Crippen LogP contribution in [0.25, 0.3) is 11.1 Å². The summed E-state index contributed by atoms with van der Waals surface area (Å²) in [6.45, 7) is 1.81. The normalized spacial score (nSPS) is 14.0. The molecule has 1 atom stereocenters. The van der Waals surface area contributed by atoms with Gasteiger partial charge in [0.15, 0.2) is 0 Å². The lowest BCUT2D eigenvalue weighted by molar-refractivity contribution is 0.0472. The molecule has 0 heterocycles. The Hall–Kier alpha value is -0.730. The van der Waals surface area contributed by atoms with Crippen molar-refractivity contribution in [2.45, 2.75) is 25.4 Å². The molecule has 21 heavy (non-hydrogen) atoms. The van der Waals surface area contributed by atoms with E-state index in [0.29, 0.717) is 22.3 Å². The first kappa shape index (κ1) is 16.6. The Kier molecular flexibility index (Phi) is 5.56. The van der Waals surface area contributed by atoms with E-state index in [1.165, 1.54) is 0 Å². The van der Waals surface area contributed by atoms with Gasteiger partial charge in [0, 0.05) is 21.5 Å². The minimum atomic E-state index is -0.864. The second-order valence-electron chi connectivity index (χ2n) is 5.27. The number of hydrogen-bond donors (Lipinski definition) is 1. The molecule has 0 saturated heterocycles. The minimum Gasteiger partial charge on any atom is -0.385 e. The van der Waals surface area contributed by atoms with Crippen LogP contribution >= 0.6 is 34.8 Å². The predicted molar refractivity (Wildman–Crippen MR) is 91.4 cm³/mol. The Morgan fingerprint density at radius 2 is 1.71 bits per heavy atom. The molecular weight excluding hydrogens is 327 g/mol. The molecule has 0 aliphatic rings. The highest BCUT2D eigenvalue weighted by atomic mass is 35.5. The van der Waals surface area contributed by atoms with Gasteiger partial charge in [0.2, 0.25) is 0 Å². The quantitative estimate of drug-likeness (QED) is 0.671. The zero-order valence-electron chi connectivity index (χ0n) is 11.7. The molecule has 0 bridgehead atoms. The highest BCUT2D eigenvalue weighted by Gasteiger charge is 2.22. The van der Waals surface area contributed by atoms with E-state index in [-0.39, 0.29) is 0 Å². The third-order valence-corrected chi connectivity index (χ3v) is 4.36. The smallest absolute Gasteiger partial charge is 0.0869 e. The van der Waals surface area contributed by atoms with Gasteiger partial charge in [-0.15, -0.1) is 11.6 Å². The number of benzene rings is 2. The Morgan fingerprint density at radius 3 is 2.29 bits per heavy atom. The van der Waals surface area contributed by atoms with Gasteiger partial charge in [0.25, 0.3) is 0 Å². The summed E-state index contributed by atoms with van der Waals surface area (Å²) in [5.74, 6) is 0.550. The van der Waals surface area contributed by atoms with Crippen LogP contribution in [0, 0.1) is 0 Å². The predicted octanol–water partition coefficient (Wildman–Crippen LogP) is 5.89. The Labute approximate surface area is 140 Å². The van der Waals surface area contributed by atoms with E-state index in [4.69, 9.17) is 34.8 Å². The van der Waals surface area contributed by atoms with Crippen LogP contribution in [0.1, 0.15) is 25.3 Å². The molecule has 2 rings (SSSR count). The maximum absolute atomic E-state index is 10.5. The molecule has 0 aliphatic heterocycles. The fraction of sp³-hybridized carbons (Fsp3) is 0.294. The van der Waals surface area contributed by atoms with Gasteiger partial charge < -0.3 is 5.11 Å². The molecule has 0 aromatic heterocycles. The SMILES string of the molecule is CC(O)(CCCCl)c1ccc(-c2ccc(Cl)cc2Cl)cc1. The van der Waals surface area contributed by atoms with Crippen molar-refractivity contribution in [3.8, 4) is 11.1 Å². The molecule has 112 valence electrons. The molecular formula is C17H17Cl3O. The van der Waals surface area contributed by atoms with E-state index in [1.54, 1.807) is 6.07 Å². The van der Waals surface area contributed by atoms with Crippen molar-refractivity contribution < 1.29 is 5.11 Å². The van der Waals surface area contributed by atoms with Crippen LogP contribution < -0.4 is 0 Å². The second kappa shape index (κ2) is 7.02. The number of aliphatic hydroxyl groups is 1. The molecule has 1 unspecified atom stereocenters. The van der Waals surface area contributed by atoms with Crippen LogP contribution in [-0.2, 0) is 5.60 Å². The van der Waals surface area contributed by atoms with Crippen LogP contribution in [0.15, 0.2) is 42.5 Å². The van der Waals surface area contributed by atoms with E-state index >= 15 is 0 Å². The summed E-state index contributed by atoms with van der Waals surface area (Å²) >= 11 is 17.8. The summed E-state index contributed by atoms with van der Waals surface area (Å²) in [5, 5.41) is 11.7. The van der Waals surface area contributed by atoms with Gasteiger partial charge in [-0.2, -0.15) is 0 Å². The van der Waals surface area contributed by atoms with E-state index in [0.717, 1.165) is 23.1 Å². The molecule has 1 nitrogen and oxygen atoms in total. The molecule has 0 radical (unpaired) electrons. The molecule has 2 aromatic rings. The molecule has 0 fully saturated rings. The van der Waals surface area contributed by atoms with Gasteiger partial charge in [0.05, 0.1) is 5.60 Å². The molecule has 4 heteroatoms. The lowest BCUT2D eigenvalue weighted by atomic mass is 9.90. The third kappa shape index (κ3) is 4.14.